The van der Waals surface area contributed by atoms with Crippen LogP contribution < -0.4 is 4.90 Å². The van der Waals surface area contributed by atoms with Gasteiger partial charge in [0.2, 0.25) is 0 Å². The number of amides is 2. The zero-order chi connectivity index (χ0) is 23.8. The Morgan fingerprint density at radius 3 is 2.27 bits per heavy atom. The fraction of sp³-hybridized carbons (Fsp3) is 0.440. The van der Waals surface area contributed by atoms with E-state index in [1.165, 1.54) is 11.8 Å². The fourth-order valence-corrected chi connectivity index (χ4v) is 5.54. The van der Waals surface area contributed by atoms with Crippen molar-refractivity contribution in [3.8, 4) is 0 Å². The molecule has 0 aliphatic carbocycles. The van der Waals surface area contributed by atoms with Gasteiger partial charge >= 0.3 is 5.97 Å². The zero-order valence-corrected chi connectivity index (χ0v) is 20.4. The van der Waals surface area contributed by atoms with Crippen LogP contribution in [0.15, 0.2) is 41.8 Å². The molecule has 8 heteroatoms. The number of carbonyl (C=O) groups is 3. The van der Waals surface area contributed by atoms with Crippen molar-refractivity contribution in [2.24, 2.45) is 0 Å². The molecule has 3 rings (SSSR count). The smallest absolute Gasteiger partial charge is 0.303 e. The van der Waals surface area contributed by atoms with E-state index in [-0.39, 0.29) is 18.2 Å². The maximum absolute atomic E-state index is 13.2. The molecule has 1 fully saturated rings. The molecule has 2 aliphatic heterocycles. The molecule has 2 heterocycles. The van der Waals surface area contributed by atoms with Crippen LogP contribution in [0.4, 0.5) is 5.69 Å². The van der Waals surface area contributed by atoms with Gasteiger partial charge in [0.15, 0.2) is 0 Å². The van der Waals surface area contributed by atoms with Gasteiger partial charge in [-0.1, -0.05) is 86.8 Å². The third-order valence-corrected chi connectivity index (χ3v) is 7.28. The number of thioether (sulfide) groups is 1. The van der Waals surface area contributed by atoms with Crippen molar-refractivity contribution < 1.29 is 19.5 Å². The van der Waals surface area contributed by atoms with Gasteiger partial charge in [-0.15, -0.1) is 6.58 Å². The molecular formula is C25H30N2O4S2. The second-order valence-corrected chi connectivity index (χ2v) is 9.87. The lowest BCUT2D eigenvalue weighted by molar-refractivity contribution is -0.137. The van der Waals surface area contributed by atoms with E-state index < -0.39 is 5.97 Å². The Kier molecular flexibility index (Phi) is 9.26. The molecule has 0 aromatic heterocycles. The fourth-order valence-electron chi connectivity index (χ4n) is 4.16. The monoisotopic (exact) mass is 486 g/mol. The summed E-state index contributed by atoms with van der Waals surface area (Å²) in [6.07, 6.45) is 9.87. The highest BCUT2D eigenvalue weighted by molar-refractivity contribution is 8.26. The normalized spacial score (nSPS) is 17.8. The summed E-state index contributed by atoms with van der Waals surface area (Å²) in [5, 5.41) is 8.64. The van der Waals surface area contributed by atoms with Crippen molar-refractivity contribution in [1.82, 2.24) is 4.90 Å². The van der Waals surface area contributed by atoms with Crippen molar-refractivity contribution in [1.29, 1.82) is 0 Å². The first-order chi connectivity index (χ1) is 16.0. The number of fused-ring (bicyclic) bond motifs is 1. The number of anilines is 1. The number of benzene rings is 1. The molecule has 1 saturated heterocycles. The lowest BCUT2D eigenvalue weighted by atomic mass is 10.1. The van der Waals surface area contributed by atoms with Crippen LogP contribution in [0.2, 0.25) is 0 Å². The summed E-state index contributed by atoms with van der Waals surface area (Å²) in [7, 11) is 0. The molecule has 1 N–H and O–H groups in total. The van der Waals surface area contributed by atoms with Gasteiger partial charge in [0, 0.05) is 25.1 Å². The number of aliphatic carboxylic acids is 1. The van der Waals surface area contributed by atoms with Gasteiger partial charge in [0.25, 0.3) is 11.8 Å². The van der Waals surface area contributed by atoms with Gasteiger partial charge in [-0.05, 0) is 18.9 Å². The Morgan fingerprint density at radius 1 is 0.970 bits per heavy atom. The average molecular weight is 487 g/mol. The van der Waals surface area contributed by atoms with Gasteiger partial charge in [0.1, 0.15) is 4.32 Å². The Bertz CT molecular complexity index is 973. The van der Waals surface area contributed by atoms with Crippen LogP contribution in [0.5, 0.6) is 0 Å². The summed E-state index contributed by atoms with van der Waals surface area (Å²) >= 11 is 6.70. The number of hydrogen-bond acceptors (Lipinski definition) is 5. The Morgan fingerprint density at radius 2 is 1.61 bits per heavy atom. The summed E-state index contributed by atoms with van der Waals surface area (Å²) < 4.78 is 0.508. The van der Waals surface area contributed by atoms with Crippen molar-refractivity contribution in [2.75, 3.05) is 18.0 Å². The first-order valence-corrected chi connectivity index (χ1v) is 12.7. The highest BCUT2D eigenvalue weighted by Gasteiger charge is 2.41. The SMILES string of the molecule is C=CCN1C(=O)C(=C2SC(=S)N(CCCCCCCCCCC(=O)O)C2=O)c2ccccc21. The van der Waals surface area contributed by atoms with Crippen LogP contribution in [-0.4, -0.2) is 45.2 Å². The first kappa shape index (κ1) is 25.2. The maximum atomic E-state index is 13.2. The number of carboxylic acids is 1. The predicted molar refractivity (Wildman–Crippen MR) is 137 cm³/mol. The third kappa shape index (κ3) is 6.12. The molecule has 0 unspecified atom stereocenters. The van der Waals surface area contributed by atoms with E-state index in [4.69, 9.17) is 17.3 Å². The predicted octanol–water partition coefficient (Wildman–Crippen LogP) is 5.39. The van der Waals surface area contributed by atoms with Gasteiger partial charge in [0.05, 0.1) is 16.2 Å². The Labute approximate surface area is 204 Å². The highest BCUT2D eigenvalue weighted by atomic mass is 32.2. The number of hydrogen-bond donors (Lipinski definition) is 1. The van der Waals surface area contributed by atoms with E-state index in [2.05, 4.69) is 6.58 Å². The summed E-state index contributed by atoms with van der Waals surface area (Å²) in [6.45, 7) is 4.69. The highest BCUT2D eigenvalue weighted by Crippen LogP contribution is 2.44. The van der Waals surface area contributed by atoms with E-state index in [1.54, 1.807) is 15.9 Å². The molecule has 0 spiro atoms. The van der Waals surface area contributed by atoms with Gasteiger partial charge in [-0.3, -0.25) is 19.3 Å². The van der Waals surface area contributed by atoms with Crippen molar-refractivity contribution in [3.63, 3.8) is 0 Å². The molecule has 176 valence electrons. The molecule has 0 bridgehead atoms. The Balaban J connectivity index is 1.52. The number of thiocarbonyl (C=S) groups is 1. The molecule has 33 heavy (non-hydrogen) atoms. The number of nitrogens with zero attached hydrogens (tertiary/aromatic N) is 2. The van der Waals surface area contributed by atoms with E-state index in [0.29, 0.717) is 27.9 Å². The van der Waals surface area contributed by atoms with Crippen molar-refractivity contribution >= 4 is 57.3 Å². The zero-order valence-electron chi connectivity index (χ0n) is 18.8. The number of carbonyl (C=O) groups excluding carboxylic acids is 2. The largest absolute Gasteiger partial charge is 0.481 e. The second kappa shape index (κ2) is 12.1. The molecule has 2 aliphatic rings. The molecule has 2 amide bonds. The molecule has 0 atom stereocenters. The average Bonchev–Trinajstić information content (AvgIpc) is 3.22. The minimum absolute atomic E-state index is 0.179. The molecule has 1 aromatic carbocycles. The molecule has 6 nitrogen and oxygen atoms in total. The van der Waals surface area contributed by atoms with Crippen LogP contribution in [0.1, 0.15) is 63.4 Å². The third-order valence-electron chi connectivity index (χ3n) is 5.83. The standard InChI is InChI=1S/C25H30N2O4S2/c1-2-16-26-19-14-11-10-13-18(19)21(23(26)30)22-24(31)27(25(32)33-22)17-12-8-6-4-3-5-7-9-15-20(28)29/h2,10-11,13-14H,1,3-9,12,15-17H2,(H,28,29). The molecular weight excluding hydrogens is 456 g/mol. The van der Waals surface area contributed by atoms with Gasteiger partial charge in [-0.2, -0.15) is 0 Å². The van der Waals surface area contributed by atoms with Crippen molar-refractivity contribution in [3.05, 3.63) is 47.4 Å². The molecule has 0 radical (unpaired) electrons. The summed E-state index contributed by atoms with van der Waals surface area (Å²) in [6, 6.07) is 7.51. The number of unbranched alkanes of at least 4 members (excludes halogenated alkanes) is 7. The van der Waals surface area contributed by atoms with Crippen LogP contribution in [0.3, 0.4) is 0 Å². The van der Waals surface area contributed by atoms with E-state index in [0.717, 1.165) is 62.6 Å². The van der Waals surface area contributed by atoms with Crippen LogP contribution in [-0.2, 0) is 14.4 Å². The van der Waals surface area contributed by atoms with Crippen LogP contribution in [0, 0.1) is 0 Å². The number of rotatable bonds is 13. The van der Waals surface area contributed by atoms with E-state index >= 15 is 0 Å². The molecule has 0 saturated carbocycles. The summed E-state index contributed by atoms with van der Waals surface area (Å²) in [5.74, 6) is -1.08. The van der Waals surface area contributed by atoms with Crippen molar-refractivity contribution in [2.45, 2.75) is 57.8 Å². The minimum atomic E-state index is -0.725. The summed E-state index contributed by atoms with van der Waals surface area (Å²) in [4.78, 5) is 40.5. The maximum Gasteiger partial charge on any atom is 0.303 e. The summed E-state index contributed by atoms with van der Waals surface area (Å²) in [5.41, 5.74) is 2.01. The lowest BCUT2D eigenvalue weighted by Gasteiger charge is -2.14. The Hall–Kier alpha value is -2.45. The van der Waals surface area contributed by atoms with E-state index in [9.17, 15) is 14.4 Å². The van der Waals surface area contributed by atoms with E-state index in [1.807, 2.05) is 24.3 Å². The van der Waals surface area contributed by atoms with Gasteiger partial charge in [-0.25, -0.2) is 0 Å². The number of para-hydroxylation sites is 1. The first-order valence-electron chi connectivity index (χ1n) is 11.5. The minimum Gasteiger partial charge on any atom is -0.481 e. The topological polar surface area (TPSA) is 77.9 Å². The quantitative estimate of drug-likeness (QED) is 0.174. The van der Waals surface area contributed by atoms with Gasteiger partial charge < -0.3 is 10.0 Å². The second-order valence-electron chi connectivity index (χ2n) is 8.22. The van der Waals surface area contributed by atoms with Crippen LogP contribution >= 0.6 is 24.0 Å². The lowest BCUT2D eigenvalue weighted by Crippen LogP contribution is -2.30. The molecule has 1 aromatic rings. The number of carboxylic acid groups (broad SMARTS) is 1. The van der Waals surface area contributed by atoms with Crippen LogP contribution in [0.25, 0.3) is 5.57 Å².